The fraction of sp³-hybridized carbons (Fsp3) is 0.143. The summed E-state index contributed by atoms with van der Waals surface area (Å²) in [6.45, 7) is 2.05. The molecule has 2 heterocycles. The molecule has 0 amide bonds. The van der Waals surface area contributed by atoms with Crippen LogP contribution in [0.25, 0.3) is 22.2 Å². The second kappa shape index (κ2) is 3.84. The molecule has 0 aliphatic carbocycles. The average Bonchev–Trinajstić information content (AvgIpc) is 2.91. The van der Waals surface area contributed by atoms with Crippen molar-refractivity contribution in [3.05, 3.63) is 36.2 Å². The Bertz CT molecular complexity index is 709. The van der Waals surface area contributed by atoms with E-state index >= 15 is 0 Å². The third-order valence-corrected chi connectivity index (χ3v) is 3.17. The maximum atomic E-state index is 5.78. The van der Waals surface area contributed by atoms with Gasteiger partial charge in [0.1, 0.15) is 5.75 Å². The molecule has 4 N–H and O–H groups in total. The molecule has 92 valence electrons. The molecule has 0 radical (unpaired) electrons. The molecule has 0 saturated carbocycles. The number of anilines is 1. The van der Waals surface area contributed by atoms with Gasteiger partial charge >= 0.3 is 0 Å². The predicted molar refractivity (Wildman–Crippen MR) is 73.8 cm³/mol. The molecule has 0 saturated heterocycles. The zero-order valence-corrected chi connectivity index (χ0v) is 10.4. The molecule has 0 aliphatic heterocycles. The van der Waals surface area contributed by atoms with Crippen molar-refractivity contribution in [2.75, 3.05) is 12.8 Å². The molecule has 18 heavy (non-hydrogen) atoms. The average molecular weight is 241 g/mol. The lowest BCUT2D eigenvalue weighted by molar-refractivity contribution is 0.420. The number of hydrogen-bond acceptors (Lipinski definition) is 2. The van der Waals surface area contributed by atoms with Crippen LogP contribution in [-0.2, 0) is 0 Å². The first-order chi connectivity index (χ1) is 8.70. The van der Waals surface area contributed by atoms with E-state index in [-0.39, 0.29) is 0 Å². The number of methoxy groups -OCH3 is 1. The van der Waals surface area contributed by atoms with Gasteiger partial charge < -0.3 is 20.4 Å². The predicted octanol–water partition coefficient (Wildman–Crippen LogP) is 3.06. The standard InChI is InChI=1S/C14H15N3O/c1-8-13(11-6-9(15)7-16-11)14-10(17-8)4-3-5-12(14)18-2/h3-7,16-17H,15H2,1-2H3. The van der Waals surface area contributed by atoms with Crippen molar-refractivity contribution in [1.82, 2.24) is 9.97 Å². The fourth-order valence-corrected chi connectivity index (χ4v) is 2.41. The van der Waals surface area contributed by atoms with Gasteiger partial charge in [0.15, 0.2) is 0 Å². The van der Waals surface area contributed by atoms with Gasteiger partial charge in [-0.2, -0.15) is 0 Å². The molecule has 0 aliphatic rings. The van der Waals surface area contributed by atoms with Crippen molar-refractivity contribution in [2.45, 2.75) is 6.92 Å². The van der Waals surface area contributed by atoms with Crippen LogP contribution in [0.5, 0.6) is 5.75 Å². The SMILES string of the molecule is COc1cccc2[nH]c(C)c(-c3cc(N)c[nH]3)c12. The van der Waals surface area contributed by atoms with E-state index in [0.29, 0.717) is 0 Å². The van der Waals surface area contributed by atoms with Gasteiger partial charge in [0.25, 0.3) is 0 Å². The van der Waals surface area contributed by atoms with Gasteiger partial charge in [-0.15, -0.1) is 0 Å². The summed E-state index contributed by atoms with van der Waals surface area (Å²) in [6, 6.07) is 7.91. The Balaban J connectivity index is 2.37. The number of aromatic nitrogens is 2. The topological polar surface area (TPSA) is 66.8 Å². The molecule has 1 aromatic carbocycles. The summed E-state index contributed by atoms with van der Waals surface area (Å²) in [5.74, 6) is 0.861. The summed E-state index contributed by atoms with van der Waals surface area (Å²) in [6.07, 6.45) is 1.79. The first-order valence-corrected chi connectivity index (χ1v) is 5.80. The number of aromatic amines is 2. The van der Waals surface area contributed by atoms with Gasteiger partial charge in [0.05, 0.1) is 23.7 Å². The zero-order chi connectivity index (χ0) is 12.7. The van der Waals surface area contributed by atoms with Gasteiger partial charge in [0.2, 0.25) is 0 Å². The number of ether oxygens (including phenoxy) is 1. The second-order valence-electron chi connectivity index (χ2n) is 4.35. The van der Waals surface area contributed by atoms with E-state index in [9.17, 15) is 0 Å². The minimum Gasteiger partial charge on any atom is -0.496 e. The molecule has 0 fully saturated rings. The highest BCUT2D eigenvalue weighted by atomic mass is 16.5. The van der Waals surface area contributed by atoms with Crippen LogP contribution in [0.3, 0.4) is 0 Å². The van der Waals surface area contributed by atoms with Crippen LogP contribution in [0.2, 0.25) is 0 Å². The number of fused-ring (bicyclic) bond motifs is 1. The van der Waals surface area contributed by atoms with Gasteiger partial charge in [-0.1, -0.05) is 6.07 Å². The van der Waals surface area contributed by atoms with Crippen LogP contribution in [-0.4, -0.2) is 17.1 Å². The highest BCUT2D eigenvalue weighted by Crippen LogP contribution is 2.37. The lowest BCUT2D eigenvalue weighted by Crippen LogP contribution is -1.85. The Morgan fingerprint density at radius 2 is 2.11 bits per heavy atom. The lowest BCUT2D eigenvalue weighted by Gasteiger charge is -2.04. The van der Waals surface area contributed by atoms with E-state index in [2.05, 4.69) is 9.97 Å². The number of nitrogen functional groups attached to an aromatic ring is 1. The van der Waals surface area contributed by atoms with Crippen LogP contribution in [0, 0.1) is 6.92 Å². The van der Waals surface area contributed by atoms with Crippen molar-refractivity contribution in [1.29, 1.82) is 0 Å². The highest BCUT2D eigenvalue weighted by molar-refractivity contribution is 6.01. The van der Waals surface area contributed by atoms with Crippen LogP contribution in [0.1, 0.15) is 5.69 Å². The van der Waals surface area contributed by atoms with Gasteiger partial charge in [0, 0.05) is 23.1 Å². The summed E-state index contributed by atoms with van der Waals surface area (Å²) in [4.78, 5) is 6.56. The third-order valence-electron chi connectivity index (χ3n) is 3.17. The molecular formula is C14H15N3O. The van der Waals surface area contributed by atoms with Crippen LogP contribution in [0.15, 0.2) is 30.5 Å². The van der Waals surface area contributed by atoms with Gasteiger partial charge in [-0.25, -0.2) is 0 Å². The van der Waals surface area contributed by atoms with E-state index in [1.54, 1.807) is 13.3 Å². The van der Waals surface area contributed by atoms with Crippen LogP contribution >= 0.6 is 0 Å². The van der Waals surface area contributed by atoms with Crippen molar-refractivity contribution in [3.8, 4) is 17.0 Å². The minimum atomic E-state index is 0.730. The Kier molecular flexibility index (Phi) is 2.30. The normalized spacial score (nSPS) is 11.0. The molecule has 4 nitrogen and oxygen atoms in total. The number of aryl methyl sites for hydroxylation is 1. The molecule has 0 bridgehead atoms. The Labute approximate surface area is 105 Å². The van der Waals surface area contributed by atoms with E-state index in [1.807, 2.05) is 31.2 Å². The summed E-state index contributed by atoms with van der Waals surface area (Å²) in [5.41, 5.74) is 10.8. The van der Waals surface area contributed by atoms with Crippen LogP contribution in [0.4, 0.5) is 5.69 Å². The molecule has 2 aromatic heterocycles. The molecule has 0 unspecified atom stereocenters. The summed E-state index contributed by atoms with van der Waals surface area (Å²) in [7, 11) is 1.68. The molecule has 0 atom stereocenters. The Morgan fingerprint density at radius 1 is 1.28 bits per heavy atom. The summed E-state index contributed by atoms with van der Waals surface area (Å²) in [5, 5.41) is 1.08. The van der Waals surface area contributed by atoms with Crippen molar-refractivity contribution < 1.29 is 4.74 Å². The number of H-pyrrole nitrogens is 2. The first kappa shape index (κ1) is 10.8. The first-order valence-electron chi connectivity index (χ1n) is 5.80. The van der Waals surface area contributed by atoms with Gasteiger partial charge in [-0.05, 0) is 25.1 Å². The Morgan fingerprint density at radius 3 is 2.78 bits per heavy atom. The lowest BCUT2D eigenvalue weighted by atomic mass is 10.1. The number of nitrogens with one attached hydrogen (secondary N) is 2. The van der Waals surface area contributed by atoms with Crippen LogP contribution < -0.4 is 10.5 Å². The number of hydrogen-bond donors (Lipinski definition) is 3. The monoisotopic (exact) mass is 241 g/mol. The van der Waals surface area contributed by atoms with Crippen molar-refractivity contribution in [2.24, 2.45) is 0 Å². The summed E-state index contributed by atoms with van der Waals surface area (Å²) < 4.78 is 5.44. The smallest absolute Gasteiger partial charge is 0.128 e. The minimum absolute atomic E-state index is 0.730. The van der Waals surface area contributed by atoms with Crippen molar-refractivity contribution >= 4 is 16.6 Å². The maximum absolute atomic E-state index is 5.78. The molecule has 0 spiro atoms. The summed E-state index contributed by atoms with van der Waals surface area (Å²) >= 11 is 0. The van der Waals surface area contributed by atoms with E-state index in [4.69, 9.17) is 10.5 Å². The second-order valence-corrected chi connectivity index (χ2v) is 4.35. The van der Waals surface area contributed by atoms with E-state index in [0.717, 1.165) is 39.3 Å². The Hall–Kier alpha value is -2.36. The van der Waals surface area contributed by atoms with E-state index < -0.39 is 0 Å². The fourth-order valence-electron chi connectivity index (χ4n) is 2.41. The molecule has 4 heteroatoms. The van der Waals surface area contributed by atoms with Gasteiger partial charge in [-0.3, -0.25) is 0 Å². The number of rotatable bonds is 2. The zero-order valence-electron chi connectivity index (χ0n) is 10.4. The maximum Gasteiger partial charge on any atom is 0.128 e. The largest absolute Gasteiger partial charge is 0.496 e. The quantitative estimate of drug-likeness (QED) is 0.645. The number of nitrogens with two attached hydrogens (primary N) is 1. The van der Waals surface area contributed by atoms with E-state index in [1.165, 1.54) is 0 Å². The molecular weight excluding hydrogens is 226 g/mol. The highest BCUT2D eigenvalue weighted by Gasteiger charge is 2.15. The molecule has 3 aromatic rings. The number of benzene rings is 1. The third kappa shape index (κ3) is 1.46. The van der Waals surface area contributed by atoms with Crippen molar-refractivity contribution in [3.63, 3.8) is 0 Å². The molecule has 3 rings (SSSR count).